The maximum atomic E-state index is 14.0. The van der Waals surface area contributed by atoms with Crippen LogP contribution in [0.25, 0.3) is 0 Å². The van der Waals surface area contributed by atoms with Crippen LogP contribution in [0.4, 0.5) is 8.78 Å². The second kappa shape index (κ2) is 10.6. The maximum absolute atomic E-state index is 14.0. The van der Waals surface area contributed by atoms with Gasteiger partial charge >= 0.3 is 0 Å². The summed E-state index contributed by atoms with van der Waals surface area (Å²) in [4.78, 5) is 0. The van der Waals surface area contributed by atoms with Gasteiger partial charge < -0.3 is 14.2 Å². The summed E-state index contributed by atoms with van der Waals surface area (Å²) in [7, 11) is 1.30. The van der Waals surface area contributed by atoms with Crippen molar-refractivity contribution in [2.45, 2.75) is 57.5 Å². The molecular weight excluding hydrogens is 374 g/mol. The molecule has 0 aliphatic carbocycles. The molecule has 5 heteroatoms. The predicted octanol–water partition coefficient (Wildman–Crippen LogP) is 6.05. The van der Waals surface area contributed by atoms with E-state index in [0.717, 1.165) is 19.3 Å². The van der Waals surface area contributed by atoms with E-state index in [-0.39, 0.29) is 24.2 Å². The van der Waals surface area contributed by atoms with Crippen LogP contribution in [0.3, 0.4) is 0 Å². The first kappa shape index (κ1) is 21.6. The van der Waals surface area contributed by atoms with Gasteiger partial charge in [-0.15, -0.1) is 0 Å². The first-order valence-corrected chi connectivity index (χ1v) is 10.5. The van der Waals surface area contributed by atoms with Gasteiger partial charge in [-0.3, -0.25) is 0 Å². The van der Waals surface area contributed by atoms with Crippen LogP contribution < -0.4 is 9.47 Å². The molecule has 1 aliphatic rings. The minimum Gasteiger partial charge on any atom is -0.494 e. The smallest absolute Gasteiger partial charge is 0.204 e. The molecule has 0 spiro atoms. The minimum atomic E-state index is -1.03. The van der Waals surface area contributed by atoms with Crippen molar-refractivity contribution in [2.24, 2.45) is 0 Å². The first-order valence-electron chi connectivity index (χ1n) is 10.5. The molecule has 1 heterocycles. The minimum absolute atomic E-state index is 0.118. The van der Waals surface area contributed by atoms with Crippen molar-refractivity contribution in [1.29, 1.82) is 0 Å². The van der Waals surface area contributed by atoms with Crippen molar-refractivity contribution in [3.63, 3.8) is 0 Å². The molecule has 29 heavy (non-hydrogen) atoms. The second-order valence-corrected chi connectivity index (χ2v) is 7.63. The molecule has 0 aromatic heterocycles. The third-order valence-corrected chi connectivity index (χ3v) is 5.55. The van der Waals surface area contributed by atoms with Crippen LogP contribution in [-0.4, -0.2) is 26.4 Å². The Hall–Kier alpha value is -2.14. The Bertz CT molecular complexity index is 768. The zero-order valence-electron chi connectivity index (χ0n) is 17.3. The number of hydrogen-bond donors (Lipinski definition) is 0. The lowest BCUT2D eigenvalue weighted by molar-refractivity contribution is -0.0219. The topological polar surface area (TPSA) is 27.7 Å². The van der Waals surface area contributed by atoms with Crippen LogP contribution in [0.5, 0.6) is 11.5 Å². The molecule has 0 saturated carbocycles. The summed E-state index contributed by atoms with van der Waals surface area (Å²) in [5.74, 6) is -1.95. The van der Waals surface area contributed by atoms with E-state index in [0.29, 0.717) is 12.5 Å². The predicted molar refractivity (Wildman–Crippen MR) is 110 cm³/mol. The number of ether oxygens (including phenoxy) is 3. The van der Waals surface area contributed by atoms with Gasteiger partial charge in [0.15, 0.2) is 11.5 Å². The number of benzene rings is 2. The van der Waals surface area contributed by atoms with Gasteiger partial charge in [-0.25, -0.2) is 0 Å². The lowest BCUT2D eigenvalue weighted by Crippen LogP contribution is -2.29. The van der Waals surface area contributed by atoms with E-state index in [1.54, 1.807) is 0 Å². The molecule has 2 aromatic carbocycles. The molecule has 2 unspecified atom stereocenters. The fraction of sp³-hybridized carbons (Fsp3) is 0.500. The summed E-state index contributed by atoms with van der Waals surface area (Å²) >= 11 is 0. The molecule has 2 aromatic rings. The van der Waals surface area contributed by atoms with Crippen LogP contribution in [0.15, 0.2) is 36.4 Å². The number of unbranched alkanes of at least 4 members (excludes halogenated alkanes) is 2. The van der Waals surface area contributed by atoms with Crippen LogP contribution in [0.2, 0.25) is 0 Å². The summed E-state index contributed by atoms with van der Waals surface area (Å²) in [6.45, 7) is 3.03. The van der Waals surface area contributed by atoms with E-state index >= 15 is 0 Å². The van der Waals surface area contributed by atoms with Crippen molar-refractivity contribution < 1.29 is 23.0 Å². The zero-order valence-corrected chi connectivity index (χ0v) is 17.3. The van der Waals surface area contributed by atoms with Crippen LogP contribution in [0, 0.1) is 11.6 Å². The highest BCUT2D eigenvalue weighted by molar-refractivity contribution is 5.35. The fourth-order valence-electron chi connectivity index (χ4n) is 3.70. The van der Waals surface area contributed by atoms with Crippen molar-refractivity contribution in [2.75, 3.05) is 20.3 Å². The van der Waals surface area contributed by atoms with Gasteiger partial charge in [-0.05, 0) is 48.9 Å². The SMILES string of the molecule is CCCCCc1ccc(C2CCC(COc3ccc(OC)c(F)c3F)OC2)cc1. The van der Waals surface area contributed by atoms with Gasteiger partial charge in [0.05, 0.1) is 19.8 Å². The lowest BCUT2D eigenvalue weighted by Gasteiger charge is -2.29. The average molecular weight is 404 g/mol. The van der Waals surface area contributed by atoms with E-state index < -0.39 is 11.6 Å². The van der Waals surface area contributed by atoms with E-state index in [1.165, 1.54) is 49.6 Å². The third kappa shape index (κ3) is 5.69. The fourth-order valence-corrected chi connectivity index (χ4v) is 3.70. The highest BCUT2D eigenvalue weighted by atomic mass is 19.2. The Balaban J connectivity index is 1.46. The number of halogens is 2. The number of methoxy groups -OCH3 is 1. The Labute approximate surface area is 172 Å². The molecule has 0 radical (unpaired) electrons. The second-order valence-electron chi connectivity index (χ2n) is 7.63. The van der Waals surface area contributed by atoms with E-state index in [1.807, 2.05) is 0 Å². The Morgan fingerprint density at radius 1 is 0.966 bits per heavy atom. The molecule has 0 N–H and O–H groups in total. The maximum Gasteiger partial charge on any atom is 0.204 e. The normalized spacial score (nSPS) is 19.2. The quantitative estimate of drug-likeness (QED) is 0.476. The van der Waals surface area contributed by atoms with Crippen molar-refractivity contribution in [1.82, 2.24) is 0 Å². The van der Waals surface area contributed by atoms with E-state index in [2.05, 4.69) is 31.2 Å². The zero-order chi connectivity index (χ0) is 20.6. The van der Waals surface area contributed by atoms with Crippen molar-refractivity contribution in [3.05, 3.63) is 59.2 Å². The summed E-state index contributed by atoms with van der Waals surface area (Å²) < 4.78 is 43.9. The van der Waals surface area contributed by atoms with Gasteiger partial charge in [0, 0.05) is 5.92 Å². The Morgan fingerprint density at radius 2 is 1.69 bits per heavy atom. The van der Waals surface area contributed by atoms with Gasteiger partial charge in [0.1, 0.15) is 6.61 Å². The van der Waals surface area contributed by atoms with Gasteiger partial charge in [-0.1, -0.05) is 44.0 Å². The van der Waals surface area contributed by atoms with Crippen molar-refractivity contribution in [3.8, 4) is 11.5 Å². The van der Waals surface area contributed by atoms with E-state index in [9.17, 15) is 8.78 Å². The van der Waals surface area contributed by atoms with Crippen LogP contribution >= 0.6 is 0 Å². The standard InChI is InChI=1S/C24H30F2O3/c1-3-4-5-6-17-7-9-18(10-8-17)19-11-12-20(28-15-19)16-29-22-14-13-21(27-2)23(25)24(22)26/h7-10,13-14,19-20H,3-6,11-12,15-16H2,1-2H3. The molecule has 3 rings (SSSR count). The number of aryl methyl sites for hydroxylation is 1. The molecular formula is C24H30F2O3. The summed E-state index contributed by atoms with van der Waals surface area (Å²) in [6.07, 6.45) is 6.58. The summed E-state index contributed by atoms with van der Waals surface area (Å²) in [6, 6.07) is 11.6. The molecule has 1 fully saturated rings. The molecule has 2 atom stereocenters. The first-order chi connectivity index (χ1) is 14.1. The summed E-state index contributed by atoms with van der Waals surface area (Å²) in [5, 5.41) is 0. The van der Waals surface area contributed by atoms with Crippen LogP contribution in [-0.2, 0) is 11.2 Å². The third-order valence-electron chi connectivity index (χ3n) is 5.55. The van der Waals surface area contributed by atoms with Crippen molar-refractivity contribution >= 4 is 0 Å². The molecule has 3 nitrogen and oxygen atoms in total. The highest BCUT2D eigenvalue weighted by Crippen LogP contribution is 2.30. The summed E-state index contributed by atoms with van der Waals surface area (Å²) in [5.41, 5.74) is 2.69. The molecule has 158 valence electrons. The van der Waals surface area contributed by atoms with E-state index in [4.69, 9.17) is 14.2 Å². The highest BCUT2D eigenvalue weighted by Gasteiger charge is 2.24. The average Bonchev–Trinajstić information content (AvgIpc) is 2.76. The molecule has 0 bridgehead atoms. The monoisotopic (exact) mass is 404 g/mol. The van der Waals surface area contributed by atoms with Gasteiger partial charge in [0.2, 0.25) is 11.6 Å². The largest absolute Gasteiger partial charge is 0.494 e. The van der Waals surface area contributed by atoms with Gasteiger partial charge in [-0.2, -0.15) is 8.78 Å². The lowest BCUT2D eigenvalue weighted by atomic mass is 9.90. The Morgan fingerprint density at radius 3 is 2.34 bits per heavy atom. The Kier molecular flexibility index (Phi) is 7.87. The van der Waals surface area contributed by atoms with Gasteiger partial charge in [0.25, 0.3) is 0 Å². The van der Waals surface area contributed by atoms with Crippen LogP contribution in [0.1, 0.15) is 56.1 Å². The number of hydrogen-bond acceptors (Lipinski definition) is 3. The molecule has 0 amide bonds. The molecule has 1 aliphatic heterocycles. The molecule has 1 saturated heterocycles. The number of rotatable bonds is 9.